The first-order chi connectivity index (χ1) is 2.00. The maximum atomic E-state index is 8.55. The van der Waals surface area contributed by atoms with Crippen LogP contribution in [0, 0.1) is 0 Å². The third-order valence-corrected chi connectivity index (χ3v) is 0. The molecule has 0 bridgehead atoms. The van der Waals surface area contributed by atoms with Gasteiger partial charge in [0.15, 0.2) is 0 Å². The van der Waals surface area contributed by atoms with Gasteiger partial charge in [0.05, 0.1) is 0 Å². The summed E-state index contributed by atoms with van der Waals surface area (Å²) in [6.07, 6.45) is 0. The quantitative estimate of drug-likeness (QED) is 0.268. The average molecular weight is 162 g/mol. The van der Waals surface area contributed by atoms with Crippen molar-refractivity contribution in [3.05, 3.63) is 0 Å². The van der Waals surface area contributed by atoms with E-state index in [4.69, 9.17) is 19.2 Å². The predicted molar refractivity (Wildman–Crippen MR) is 23.0 cm³/mol. The summed E-state index contributed by atoms with van der Waals surface area (Å²) in [5.74, 6) is 0. The van der Waals surface area contributed by atoms with Crippen molar-refractivity contribution in [1.82, 2.24) is 0 Å². The molecule has 0 aromatic heterocycles. The normalized spacial score (nSPS) is 8.43. The van der Waals surface area contributed by atoms with Crippen molar-refractivity contribution in [3.63, 3.8) is 0 Å². The van der Waals surface area contributed by atoms with Crippen LogP contribution in [0.3, 0.4) is 0 Å². The van der Waals surface area contributed by atoms with Gasteiger partial charge in [0.2, 0.25) is 0 Å². The summed E-state index contributed by atoms with van der Waals surface area (Å²) in [5, 5.41) is 0. The van der Waals surface area contributed by atoms with Crippen LogP contribution in [0.4, 0.5) is 0 Å². The SMILES string of the molecule is O=P([O-])([O-])[O-].[Ca+2].[H+].[MgH2]. The van der Waals surface area contributed by atoms with Crippen LogP contribution in [-0.4, -0.2) is 60.8 Å². The molecule has 0 amide bonds. The Bertz CT molecular complexity index is 62.2. The number of hydrogen-bond donors (Lipinski definition) is 0. The maximum Gasteiger partial charge on any atom is 2.00 e. The molecule has 36 valence electrons. The minimum Gasteiger partial charge on any atom is -0.822 e. The molecule has 0 heterocycles. The van der Waals surface area contributed by atoms with Gasteiger partial charge in [-0.3, -0.25) is 0 Å². The molecular formula is H3CaMgO4P. The Balaban J connectivity index is -0.0000000267. The van der Waals surface area contributed by atoms with Crippen LogP contribution in [0.1, 0.15) is 1.43 Å². The van der Waals surface area contributed by atoms with Crippen molar-refractivity contribution in [3.8, 4) is 0 Å². The van der Waals surface area contributed by atoms with Crippen LogP contribution < -0.4 is 14.7 Å². The van der Waals surface area contributed by atoms with Crippen molar-refractivity contribution in [2.24, 2.45) is 0 Å². The zero-order valence-corrected chi connectivity index (χ0v) is 5.89. The number of phosphoric acid groups is 1. The topological polar surface area (TPSA) is 86.2 Å². The van der Waals surface area contributed by atoms with Gasteiger partial charge in [-0.05, 0) is 0 Å². The molecule has 0 aromatic rings. The first kappa shape index (κ1) is 16.1. The Kier molecular flexibility index (Phi) is 14.4. The zero-order chi connectivity index (χ0) is 4.50. The largest absolute Gasteiger partial charge is 2.00 e. The van der Waals surface area contributed by atoms with Crippen molar-refractivity contribution < 1.29 is 20.7 Å². The van der Waals surface area contributed by atoms with Gasteiger partial charge in [0, 0.05) is 0 Å². The van der Waals surface area contributed by atoms with E-state index in [-0.39, 0.29) is 62.2 Å². The molecule has 7 heavy (non-hydrogen) atoms. The van der Waals surface area contributed by atoms with E-state index in [9.17, 15) is 0 Å². The number of rotatable bonds is 0. The molecule has 0 N–H and O–H groups in total. The molecule has 0 unspecified atom stereocenters. The fourth-order valence-corrected chi connectivity index (χ4v) is 0. The molecule has 0 aromatic carbocycles. The molecule has 0 radical (unpaired) electrons. The molecular weight excluding hydrogens is 159 g/mol. The van der Waals surface area contributed by atoms with E-state index in [2.05, 4.69) is 0 Å². The fourth-order valence-electron chi connectivity index (χ4n) is 0. The van der Waals surface area contributed by atoms with E-state index >= 15 is 0 Å². The second-order valence-electron chi connectivity index (χ2n) is 0.447. The Morgan fingerprint density at radius 3 is 1.29 bits per heavy atom. The van der Waals surface area contributed by atoms with Crippen molar-refractivity contribution in [2.45, 2.75) is 0 Å². The van der Waals surface area contributed by atoms with Gasteiger partial charge >= 0.3 is 62.2 Å². The molecule has 0 atom stereocenters. The average Bonchev–Trinajstić information content (AvgIpc) is 0.722. The van der Waals surface area contributed by atoms with Crippen LogP contribution in [0.2, 0.25) is 0 Å². The first-order valence-corrected chi connectivity index (χ1v) is 2.19. The van der Waals surface area contributed by atoms with E-state index in [1.807, 2.05) is 0 Å². The summed E-state index contributed by atoms with van der Waals surface area (Å²) in [6.45, 7) is 0. The molecule has 0 aliphatic heterocycles. The van der Waals surface area contributed by atoms with Crippen molar-refractivity contribution in [1.29, 1.82) is 0 Å². The molecule has 0 fully saturated rings. The van der Waals surface area contributed by atoms with Gasteiger partial charge in [-0.25, -0.2) is 0 Å². The van der Waals surface area contributed by atoms with Crippen molar-refractivity contribution >= 4 is 68.6 Å². The molecule has 4 nitrogen and oxygen atoms in total. The Morgan fingerprint density at radius 1 is 1.29 bits per heavy atom. The summed E-state index contributed by atoms with van der Waals surface area (Å²) >= 11 is 0. The maximum absolute atomic E-state index is 8.55. The van der Waals surface area contributed by atoms with Gasteiger partial charge in [-0.15, -0.1) is 0 Å². The van der Waals surface area contributed by atoms with Gasteiger partial charge in [-0.2, -0.15) is 7.82 Å². The van der Waals surface area contributed by atoms with Crippen LogP contribution >= 0.6 is 7.82 Å². The molecule has 0 saturated carbocycles. The second kappa shape index (κ2) is 6.26. The van der Waals surface area contributed by atoms with E-state index < -0.39 is 7.82 Å². The molecule has 7 heteroatoms. The molecule has 0 spiro atoms. The standard InChI is InChI=1S/Ca.Mg.H3O4P.2H/c;;1-5(2,3)4;;/h;;(H3,1,2,3,4);;/q+2;;;;/p-2. The van der Waals surface area contributed by atoms with Crippen LogP contribution in [0.15, 0.2) is 0 Å². The minimum absolute atomic E-state index is 0. The van der Waals surface area contributed by atoms with Crippen molar-refractivity contribution in [2.75, 3.05) is 0 Å². The third kappa shape index (κ3) is 67.1. The monoisotopic (exact) mass is 162 g/mol. The predicted octanol–water partition coefficient (Wildman–Crippen LogP) is -4.01. The van der Waals surface area contributed by atoms with Gasteiger partial charge in [0.25, 0.3) is 0 Å². The minimum atomic E-state index is -5.39. The molecule has 0 aliphatic rings. The van der Waals surface area contributed by atoms with E-state index in [0.29, 0.717) is 0 Å². The first-order valence-electron chi connectivity index (χ1n) is 0.730. The summed E-state index contributed by atoms with van der Waals surface area (Å²) in [4.78, 5) is 25.6. The van der Waals surface area contributed by atoms with E-state index in [1.165, 1.54) is 0 Å². The van der Waals surface area contributed by atoms with E-state index in [0.717, 1.165) is 0 Å². The Hall–Kier alpha value is 2.14. The second-order valence-corrected chi connectivity index (χ2v) is 1.34. The summed E-state index contributed by atoms with van der Waals surface area (Å²) in [5.41, 5.74) is 0. The Labute approximate surface area is 88.2 Å². The Morgan fingerprint density at radius 2 is 1.29 bits per heavy atom. The smallest absolute Gasteiger partial charge is 0.822 e. The van der Waals surface area contributed by atoms with Crippen LogP contribution in [0.25, 0.3) is 0 Å². The van der Waals surface area contributed by atoms with Gasteiger partial charge in [0.1, 0.15) is 0 Å². The number of hydrogen-bond acceptors (Lipinski definition) is 4. The fraction of sp³-hybridized carbons (Fsp3) is 0. The zero-order valence-electron chi connectivity index (χ0n) is 3.79. The van der Waals surface area contributed by atoms with E-state index in [1.54, 1.807) is 0 Å². The third-order valence-electron chi connectivity index (χ3n) is 0. The summed E-state index contributed by atoms with van der Waals surface area (Å²) < 4.78 is 8.55. The molecule has 0 saturated heterocycles. The van der Waals surface area contributed by atoms with Crippen LogP contribution in [-0.2, 0) is 4.57 Å². The molecule has 0 aliphatic carbocycles. The van der Waals surface area contributed by atoms with Crippen LogP contribution in [0.5, 0.6) is 0 Å². The van der Waals surface area contributed by atoms with Gasteiger partial charge in [-0.1, -0.05) is 0 Å². The summed E-state index contributed by atoms with van der Waals surface area (Å²) in [7, 11) is -5.39. The summed E-state index contributed by atoms with van der Waals surface area (Å²) in [6, 6.07) is 0. The van der Waals surface area contributed by atoms with Gasteiger partial charge < -0.3 is 19.2 Å². The molecule has 0 rings (SSSR count).